The van der Waals surface area contributed by atoms with E-state index in [4.69, 9.17) is 0 Å². The van der Waals surface area contributed by atoms with Crippen molar-refractivity contribution in [2.75, 3.05) is 27.2 Å². The molecule has 0 radical (unpaired) electrons. The van der Waals surface area contributed by atoms with Crippen LogP contribution < -0.4 is 16.2 Å². The number of nitrogens with zero attached hydrogens (tertiary/aromatic N) is 2. The second kappa shape index (κ2) is 10.1. The van der Waals surface area contributed by atoms with Crippen LogP contribution in [-0.2, 0) is 27.5 Å². The normalized spacial score (nSPS) is 22.4. The standard InChI is InChI=1S/C25H31N5O3/c1-29-16-20(12-22(29)31)24(32)26-13-17-8-10-19(11-9-17)23-21(14-27-28-23)25(33)30(2)15-18-6-4-3-5-7-18/h3-11,20-21,23,27-28H,12-16H2,1-2H3,(H,26,32). The molecule has 0 aliphatic carbocycles. The number of carbonyl (C=O) groups is 3. The summed E-state index contributed by atoms with van der Waals surface area (Å²) in [5.74, 6) is -0.480. The number of carbonyl (C=O) groups excluding carboxylic acids is 3. The van der Waals surface area contributed by atoms with E-state index in [-0.39, 0.29) is 42.0 Å². The van der Waals surface area contributed by atoms with Gasteiger partial charge in [0.2, 0.25) is 17.7 Å². The van der Waals surface area contributed by atoms with Gasteiger partial charge in [0.25, 0.3) is 0 Å². The van der Waals surface area contributed by atoms with Crippen molar-refractivity contribution in [3.8, 4) is 0 Å². The highest BCUT2D eigenvalue weighted by Crippen LogP contribution is 2.27. The van der Waals surface area contributed by atoms with Crippen LogP contribution in [0.5, 0.6) is 0 Å². The number of benzene rings is 2. The first-order chi connectivity index (χ1) is 15.9. The molecule has 2 heterocycles. The zero-order valence-electron chi connectivity index (χ0n) is 19.1. The maximum atomic E-state index is 13.1. The summed E-state index contributed by atoms with van der Waals surface area (Å²) in [4.78, 5) is 40.5. The molecular weight excluding hydrogens is 418 g/mol. The lowest BCUT2D eigenvalue weighted by atomic mass is 9.93. The molecule has 8 nitrogen and oxygen atoms in total. The summed E-state index contributed by atoms with van der Waals surface area (Å²) in [5.41, 5.74) is 9.45. The van der Waals surface area contributed by atoms with Gasteiger partial charge >= 0.3 is 0 Å². The average molecular weight is 450 g/mol. The Hall–Kier alpha value is -3.23. The van der Waals surface area contributed by atoms with Gasteiger partial charge in [-0.1, -0.05) is 54.6 Å². The minimum atomic E-state index is -0.282. The highest BCUT2D eigenvalue weighted by molar-refractivity contribution is 5.89. The lowest BCUT2D eigenvalue weighted by molar-refractivity contribution is -0.134. The first-order valence-electron chi connectivity index (χ1n) is 11.3. The van der Waals surface area contributed by atoms with Crippen molar-refractivity contribution in [2.45, 2.75) is 25.6 Å². The van der Waals surface area contributed by atoms with Crippen LogP contribution in [0.2, 0.25) is 0 Å². The van der Waals surface area contributed by atoms with E-state index in [2.05, 4.69) is 16.2 Å². The van der Waals surface area contributed by atoms with Gasteiger partial charge in [0.1, 0.15) is 0 Å². The third-order valence-electron chi connectivity index (χ3n) is 6.46. The molecule has 8 heteroatoms. The molecule has 0 saturated carbocycles. The minimum absolute atomic E-state index is 0.00990. The van der Waals surface area contributed by atoms with Crippen molar-refractivity contribution >= 4 is 17.7 Å². The lowest BCUT2D eigenvalue weighted by Crippen LogP contribution is -2.36. The molecule has 2 aromatic carbocycles. The van der Waals surface area contributed by atoms with Crippen LogP contribution in [-0.4, -0.2) is 54.7 Å². The molecular formula is C25H31N5O3. The number of hydrazine groups is 1. The lowest BCUT2D eigenvalue weighted by Gasteiger charge is -2.24. The van der Waals surface area contributed by atoms with Crippen molar-refractivity contribution in [3.63, 3.8) is 0 Å². The largest absolute Gasteiger partial charge is 0.352 e. The fraction of sp³-hybridized carbons (Fsp3) is 0.400. The molecule has 2 fully saturated rings. The number of hydrogen-bond acceptors (Lipinski definition) is 5. The Balaban J connectivity index is 1.33. The Morgan fingerprint density at radius 3 is 2.48 bits per heavy atom. The Morgan fingerprint density at radius 1 is 1.09 bits per heavy atom. The highest BCUT2D eigenvalue weighted by Gasteiger charge is 2.35. The smallest absolute Gasteiger partial charge is 0.229 e. The van der Waals surface area contributed by atoms with E-state index in [9.17, 15) is 14.4 Å². The molecule has 0 spiro atoms. The maximum Gasteiger partial charge on any atom is 0.229 e. The molecule has 3 atom stereocenters. The molecule has 0 bridgehead atoms. The summed E-state index contributed by atoms with van der Waals surface area (Å²) < 4.78 is 0. The molecule has 2 aromatic rings. The number of likely N-dealkylation sites (tertiary alicyclic amines) is 1. The van der Waals surface area contributed by atoms with Crippen molar-refractivity contribution in [2.24, 2.45) is 11.8 Å². The van der Waals surface area contributed by atoms with Gasteiger partial charge in [-0.15, -0.1) is 0 Å². The van der Waals surface area contributed by atoms with Gasteiger partial charge in [0.05, 0.1) is 17.9 Å². The molecule has 3 amide bonds. The van der Waals surface area contributed by atoms with E-state index < -0.39 is 0 Å². The summed E-state index contributed by atoms with van der Waals surface area (Å²) in [7, 11) is 3.56. The van der Waals surface area contributed by atoms with Crippen LogP contribution in [0, 0.1) is 11.8 Å². The van der Waals surface area contributed by atoms with E-state index >= 15 is 0 Å². The Kier molecular flexibility index (Phi) is 7.05. The second-order valence-corrected chi connectivity index (χ2v) is 8.92. The van der Waals surface area contributed by atoms with Crippen LogP contribution in [0.1, 0.15) is 29.2 Å². The van der Waals surface area contributed by atoms with Crippen molar-refractivity contribution in [3.05, 3.63) is 71.3 Å². The van der Waals surface area contributed by atoms with Crippen molar-refractivity contribution < 1.29 is 14.4 Å². The predicted octanol–water partition coefficient (Wildman–Crippen LogP) is 1.20. The molecule has 2 aliphatic rings. The van der Waals surface area contributed by atoms with E-state index in [1.54, 1.807) is 16.8 Å². The van der Waals surface area contributed by atoms with Gasteiger partial charge in [0.15, 0.2) is 0 Å². The highest BCUT2D eigenvalue weighted by atomic mass is 16.2. The van der Waals surface area contributed by atoms with Crippen LogP contribution in [0.4, 0.5) is 0 Å². The molecule has 3 N–H and O–H groups in total. The average Bonchev–Trinajstić information content (AvgIpc) is 3.45. The molecule has 4 rings (SSSR count). The molecule has 2 saturated heterocycles. The molecule has 2 aliphatic heterocycles. The quantitative estimate of drug-likeness (QED) is 0.591. The SMILES string of the molecule is CN1CC(C(=O)NCc2ccc(C3NNCC3C(=O)N(C)Cc3ccccc3)cc2)CC1=O. The van der Waals surface area contributed by atoms with Crippen LogP contribution in [0.3, 0.4) is 0 Å². The van der Waals surface area contributed by atoms with E-state index in [0.29, 0.717) is 26.2 Å². The summed E-state index contributed by atoms with van der Waals surface area (Å²) >= 11 is 0. The Bertz CT molecular complexity index is 995. The van der Waals surface area contributed by atoms with Gasteiger partial charge in [-0.05, 0) is 16.7 Å². The molecule has 0 aromatic heterocycles. The van der Waals surface area contributed by atoms with E-state index in [1.807, 2.05) is 61.6 Å². The van der Waals surface area contributed by atoms with Gasteiger partial charge < -0.3 is 15.1 Å². The maximum absolute atomic E-state index is 13.1. The van der Waals surface area contributed by atoms with Gasteiger partial charge in [-0.2, -0.15) is 0 Å². The third kappa shape index (κ3) is 5.40. The summed E-state index contributed by atoms with van der Waals surface area (Å²) in [6.07, 6.45) is 0.274. The topological polar surface area (TPSA) is 93.8 Å². The Morgan fingerprint density at radius 2 is 1.82 bits per heavy atom. The second-order valence-electron chi connectivity index (χ2n) is 8.92. The van der Waals surface area contributed by atoms with Gasteiger partial charge in [0, 0.05) is 46.7 Å². The zero-order valence-corrected chi connectivity index (χ0v) is 19.1. The van der Waals surface area contributed by atoms with E-state index in [0.717, 1.165) is 16.7 Å². The predicted molar refractivity (Wildman–Crippen MR) is 124 cm³/mol. The first-order valence-corrected chi connectivity index (χ1v) is 11.3. The van der Waals surface area contributed by atoms with Crippen LogP contribution in [0.15, 0.2) is 54.6 Å². The number of nitrogens with one attached hydrogen (secondary N) is 3. The van der Waals surface area contributed by atoms with Gasteiger partial charge in [-0.25, -0.2) is 5.43 Å². The number of amides is 3. The third-order valence-corrected chi connectivity index (χ3v) is 6.46. The fourth-order valence-corrected chi connectivity index (χ4v) is 4.48. The van der Waals surface area contributed by atoms with E-state index in [1.165, 1.54) is 0 Å². The molecule has 174 valence electrons. The summed E-state index contributed by atoms with van der Waals surface area (Å²) in [6, 6.07) is 17.8. The monoisotopic (exact) mass is 449 g/mol. The van der Waals surface area contributed by atoms with Crippen molar-refractivity contribution in [1.29, 1.82) is 0 Å². The van der Waals surface area contributed by atoms with Crippen LogP contribution >= 0.6 is 0 Å². The minimum Gasteiger partial charge on any atom is -0.352 e. The summed E-state index contributed by atoms with van der Waals surface area (Å²) in [5, 5.41) is 2.93. The zero-order chi connectivity index (χ0) is 23.4. The van der Waals surface area contributed by atoms with Crippen molar-refractivity contribution in [1.82, 2.24) is 26.0 Å². The van der Waals surface area contributed by atoms with Gasteiger partial charge in [-0.3, -0.25) is 19.8 Å². The number of hydrogen-bond donors (Lipinski definition) is 3. The fourth-order valence-electron chi connectivity index (χ4n) is 4.48. The molecule has 3 unspecified atom stereocenters. The Labute approximate surface area is 194 Å². The number of rotatable bonds is 7. The summed E-state index contributed by atoms with van der Waals surface area (Å²) in [6.45, 7) is 2.02. The first kappa shape index (κ1) is 22.9. The van der Waals surface area contributed by atoms with Crippen LogP contribution in [0.25, 0.3) is 0 Å². The molecule has 33 heavy (non-hydrogen) atoms.